The number of anilines is 1. The van der Waals surface area contributed by atoms with Crippen LogP contribution in [0.15, 0.2) is 30.3 Å². The van der Waals surface area contributed by atoms with Crippen LogP contribution in [0, 0.1) is 18.6 Å². The SMILES string of the molecule is Cc1cc(O)c(C(C)C)cc1NC(=O)c1c(F)cccc1F. The molecule has 0 aromatic heterocycles. The summed E-state index contributed by atoms with van der Waals surface area (Å²) < 4.78 is 27.3. The number of hydrogen-bond acceptors (Lipinski definition) is 2. The Hall–Kier alpha value is -2.43. The Balaban J connectivity index is 2.39. The highest BCUT2D eigenvalue weighted by Gasteiger charge is 2.19. The first-order valence-corrected chi connectivity index (χ1v) is 6.90. The predicted octanol–water partition coefficient (Wildman–Crippen LogP) is 4.35. The average molecular weight is 305 g/mol. The number of benzene rings is 2. The molecule has 116 valence electrons. The van der Waals surface area contributed by atoms with Gasteiger partial charge in [0.05, 0.1) is 0 Å². The molecule has 0 aliphatic rings. The van der Waals surface area contributed by atoms with E-state index in [-0.39, 0.29) is 11.7 Å². The monoisotopic (exact) mass is 305 g/mol. The van der Waals surface area contributed by atoms with E-state index in [2.05, 4.69) is 5.32 Å². The molecule has 1 amide bonds. The Morgan fingerprint density at radius 3 is 2.32 bits per heavy atom. The molecule has 0 fully saturated rings. The fourth-order valence-corrected chi connectivity index (χ4v) is 2.21. The maximum atomic E-state index is 13.6. The summed E-state index contributed by atoms with van der Waals surface area (Å²) in [5.41, 5.74) is 1.04. The second-order valence-corrected chi connectivity index (χ2v) is 5.43. The number of amides is 1. The van der Waals surface area contributed by atoms with Gasteiger partial charge in [0.2, 0.25) is 0 Å². The predicted molar refractivity (Wildman–Crippen MR) is 81.2 cm³/mol. The maximum Gasteiger partial charge on any atom is 0.261 e. The molecule has 2 aromatic rings. The number of carbonyl (C=O) groups is 1. The topological polar surface area (TPSA) is 49.3 Å². The van der Waals surface area contributed by atoms with Crippen LogP contribution in [0.4, 0.5) is 14.5 Å². The highest BCUT2D eigenvalue weighted by Crippen LogP contribution is 2.31. The molecule has 0 spiro atoms. The van der Waals surface area contributed by atoms with Crippen molar-refractivity contribution < 1.29 is 18.7 Å². The lowest BCUT2D eigenvalue weighted by Gasteiger charge is -2.15. The Bertz CT molecular complexity index is 707. The first-order valence-electron chi connectivity index (χ1n) is 6.90. The van der Waals surface area contributed by atoms with Gasteiger partial charge in [-0.15, -0.1) is 0 Å². The van der Waals surface area contributed by atoms with Crippen molar-refractivity contribution in [3.8, 4) is 5.75 Å². The number of nitrogens with one attached hydrogen (secondary N) is 1. The highest BCUT2D eigenvalue weighted by atomic mass is 19.1. The van der Waals surface area contributed by atoms with Crippen LogP contribution in [-0.2, 0) is 0 Å². The molecule has 2 aromatic carbocycles. The van der Waals surface area contributed by atoms with E-state index in [4.69, 9.17) is 0 Å². The maximum absolute atomic E-state index is 13.6. The molecule has 0 heterocycles. The van der Waals surface area contributed by atoms with Crippen LogP contribution in [-0.4, -0.2) is 11.0 Å². The van der Waals surface area contributed by atoms with Crippen molar-refractivity contribution in [1.29, 1.82) is 0 Å². The quantitative estimate of drug-likeness (QED) is 0.828. The number of phenols is 1. The van der Waals surface area contributed by atoms with Crippen molar-refractivity contribution in [1.82, 2.24) is 0 Å². The van der Waals surface area contributed by atoms with E-state index in [1.54, 1.807) is 13.0 Å². The molecule has 0 unspecified atom stereocenters. The third-order valence-electron chi connectivity index (χ3n) is 3.43. The molecule has 5 heteroatoms. The largest absolute Gasteiger partial charge is 0.508 e. The number of hydrogen-bond donors (Lipinski definition) is 2. The van der Waals surface area contributed by atoms with Gasteiger partial charge in [0, 0.05) is 5.69 Å². The van der Waals surface area contributed by atoms with E-state index in [0.29, 0.717) is 16.8 Å². The zero-order valence-electron chi connectivity index (χ0n) is 12.6. The fraction of sp³-hybridized carbons (Fsp3) is 0.235. The van der Waals surface area contributed by atoms with E-state index in [0.717, 1.165) is 12.1 Å². The molecule has 2 rings (SSSR count). The van der Waals surface area contributed by atoms with E-state index in [9.17, 15) is 18.7 Å². The van der Waals surface area contributed by atoms with E-state index in [1.807, 2.05) is 13.8 Å². The molecule has 2 N–H and O–H groups in total. The van der Waals surface area contributed by atoms with Crippen LogP contribution >= 0.6 is 0 Å². The third-order valence-corrected chi connectivity index (χ3v) is 3.43. The van der Waals surface area contributed by atoms with Gasteiger partial charge in [-0.25, -0.2) is 8.78 Å². The van der Waals surface area contributed by atoms with Crippen molar-refractivity contribution in [3.63, 3.8) is 0 Å². The second-order valence-electron chi connectivity index (χ2n) is 5.43. The number of halogens is 2. The summed E-state index contributed by atoms with van der Waals surface area (Å²) in [6.45, 7) is 5.48. The molecule has 0 aliphatic heterocycles. The van der Waals surface area contributed by atoms with E-state index in [1.165, 1.54) is 12.1 Å². The zero-order chi connectivity index (χ0) is 16.4. The van der Waals surface area contributed by atoms with Crippen molar-refractivity contribution in [2.45, 2.75) is 26.7 Å². The summed E-state index contributed by atoms with van der Waals surface area (Å²) in [7, 11) is 0. The Morgan fingerprint density at radius 2 is 1.77 bits per heavy atom. The number of aromatic hydroxyl groups is 1. The third kappa shape index (κ3) is 3.08. The van der Waals surface area contributed by atoms with E-state index < -0.39 is 23.1 Å². The number of phenolic OH excluding ortho intramolecular Hbond substituents is 1. The summed E-state index contributed by atoms with van der Waals surface area (Å²) in [5, 5.41) is 12.4. The van der Waals surface area contributed by atoms with Gasteiger partial charge in [-0.2, -0.15) is 0 Å². The van der Waals surface area contributed by atoms with E-state index >= 15 is 0 Å². The Labute approximate surface area is 127 Å². The van der Waals surface area contributed by atoms with Crippen molar-refractivity contribution in [2.24, 2.45) is 0 Å². The lowest BCUT2D eigenvalue weighted by Crippen LogP contribution is -2.16. The van der Waals surface area contributed by atoms with Crippen molar-refractivity contribution >= 4 is 11.6 Å². The first-order chi connectivity index (χ1) is 10.3. The van der Waals surface area contributed by atoms with Crippen LogP contribution in [0.1, 0.15) is 41.3 Å². The van der Waals surface area contributed by atoms with Gasteiger partial charge in [0.25, 0.3) is 5.91 Å². The second kappa shape index (κ2) is 6.13. The summed E-state index contributed by atoms with van der Waals surface area (Å²) in [4.78, 5) is 12.1. The van der Waals surface area contributed by atoms with Crippen LogP contribution in [0.3, 0.4) is 0 Å². The zero-order valence-corrected chi connectivity index (χ0v) is 12.6. The van der Waals surface area contributed by atoms with Crippen molar-refractivity contribution in [3.05, 3.63) is 58.7 Å². The highest BCUT2D eigenvalue weighted by molar-refractivity contribution is 6.05. The molecule has 0 saturated carbocycles. The van der Waals surface area contributed by atoms with Gasteiger partial charge in [0.1, 0.15) is 22.9 Å². The van der Waals surface area contributed by atoms with Gasteiger partial charge >= 0.3 is 0 Å². The molecule has 3 nitrogen and oxygen atoms in total. The minimum Gasteiger partial charge on any atom is -0.508 e. The fourth-order valence-electron chi connectivity index (χ4n) is 2.21. The number of rotatable bonds is 3. The minimum atomic E-state index is -0.919. The van der Waals surface area contributed by atoms with Gasteiger partial charge in [-0.1, -0.05) is 19.9 Å². The normalized spacial score (nSPS) is 10.8. The van der Waals surface area contributed by atoms with Gasteiger partial charge in [-0.3, -0.25) is 4.79 Å². The molecule has 0 aliphatic carbocycles. The lowest BCUT2D eigenvalue weighted by molar-refractivity contribution is 0.101. The summed E-state index contributed by atoms with van der Waals surface area (Å²) in [6, 6.07) is 6.39. The summed E-state index contributed by atoms with van der Waals surface area (Å²) >= 11 is 0. The van der Waals surface area contributed by atoms with Crippen LogP contribution in [0.5, 0.6) is 5.75 Å². The lowest BCUT2D eigenvalue weighted by atomic mass is 9.99. The van der Waals surface area contributed by atoms with Gasteiger partial charge in [-0.05, 0) is 48.2 Å². The molecule has 0 atom stereocenters. The molecular formula is C17H17F2NO2. The number of aryl methyl sites for hydroxylation is 1. The summed E-state index contributed by atoms with van der Waals surface area (Å²) in [6.07, 6.45) is 0. The average Bonchev–Trinajstić information content (AvgIpc) is 2.41. The molecule has 22 heavy (non-hydrogen) atoms. The number of carbonyl (C=O) groups excluding carboxylic acids is 1. The smallest absolute Gasteiger partial charge is 0.261 e. The molecular weight excluding hydrogens is 288 g/mol. The van der Waals surface area contributed by atoms with Crippen molar-refractivity contribution in [2.75, 3.05) is 5.32 Å². The van der Waals surface area contributed by atoms with Gasteiger partial charge in [0.15, 0.2) is 0 Å². The molecule has 0 bridgehead atoms. The first kappa shape index (κ1) is 15.9. The molecule has 0 saturated heterocycles. The van der Waals surface area contributed by atoms with Crippen LogP contribution in [0.25, 0.3) is 0 Å². The minimum absolute atomic E-state index is 0.0430. The van der Waals surface area contributed by atoms with Gasteiger partial charge < -0.3 is 10.4 Å². The molecule has 0 radical (unpaired) electrons. The Morgan fingerprint density at radius 1 is 1.18 bits per heavy atom. The standard InChI is InChI=1S/C17H17F2NO2/c1-9(2)11-8-14(10(3)7-15(11)21)20-17(22)16-12(18)5-4-6-13(16)19/h4-9,21H,1-3H3,(H,20,22). The summed E-state index contributed by atoms with van der Waals surface area (Å²) in [5.74, 6) is -2.53. The Kier molecular flexibility index (Phi) is 4.45. The van der Waals surface area contributed by atoms with Crippen LogP contribution < -0.4 is 5.32 Å². The van der Waals surface area contributed by atoms with Crippen LogP contribution in [0.2, 0.25) is 0 Å².